The molecule has 0 unspecified atom stereocenters. The van der Waals surface area contributed by atoms with Crippen LogP contribution in [0.2, 0.25) is 5.02 Å². The second-order valence-corrected chi connectivity index (χ2v) is 7.30. The van der Waals surface area contributed by atoms with Gasteiger partial charge in [-0.25, -0.2) is 14.2 Å². The van der Waals surface area contributed by atoms with Crippen molar-refractivity contribution in [1.82, 2.24) is 18.7 Å². The van der Waals surface area contributed by atoms with Gasteiger partial charge in [-0.2, -0.15) is 0 Å². The molecular formula is C17H17ClFN5O3S. The number of rotatable bonds is 5. The first-order valence-corrected chi connectivity index (χ1v) is 9.65. The van der Waals surface area contributed by atoms with Crippen molar-refractivity contribution in [3.05, 3.63) is 49.9 Å². The Kier molecular flexibility index (Phi) is 5.61. The zero-order valence-electron chi connectivity index (χ0n) is 15.3. The van der Waals surface area contributed by atoms with Crippen LogP contribution in [0, 0.1) is 5.82 Å². The smallest absolute Gasteiger partial charge is 0.322 e. The minimum atomic E-state index is -0.634. The van der Waals surface area contributed by atoms with E-state index in [0.717, 1.165) is 16.3 Å². The van der Waals surface area contributed by atoms with E-state index in [1.165, 1.54) is 36.9 Å². The lowest BCUT2D eigenvalue weighted by molar-refractivity contribution is -0.113. The van der Waals surface area contributed by atoms with Gasteiger partial charge in [0.2, 0.25) is 5.91 Å². The molecule has 0 atom stereocenters. The molecule has 2 aromatic heterocycles. The van der Waals surface area contributed by atoms with E-state index in [9.17, 15) is 18.8 Å². The number of para-hydroxylation sites is 1. The summed E-state index contributed by atoms with van der Waals surface area (Å²) in [6, 6.07) is 4.11. The second-order valence-electron chi connectivity index (χ2n) is 5.95. The van der Waals surface area contributed by atoms with Gasteiger partial charge in [-0.1, -0.05) is 29.4 Å². The first kappa shape index (κ1) is 20.2. The maximum Gasteiger partial charge on any atom is 0.332 e. The minimum Gasteiger partial charge on any atom is -0.322 e. The highest BCUT2D eigenvalue weighted by molar-refractivity contribution is 7.99. The van der Waals surface area contributed by atoms with Gasteiger partial charge in [0, 0.05) is 20.6 Å². The lowest BCUT2D eigenvalue weighted by Crippen LogP contribution is -2.37. The Balaban J connectivity index is 1.90. The average molecular weight is 426 g/mol. The van der Waals surface area contributed by atoms with Gasteiger partial charge in [-0.05, 0) is 19.1 Å². The summed E-state index contributed by atoms with van der Waals surface area (Å²) in [4.78, 5) is 41.2. The van der Waals surface area contributed by atoms with Gasteiger partial charge in [-0.3, -0.25) is 18.7 Å². The fourth-order valence-electron chi connectivity index (χ4n) is 2.75. The number of carbonyl (C=O) groups is 1. The highest BCUT2D eigenvalue weighted by Crippen LogP contribution is 2.26. The predicted molar refractivity (Wildman–Crippen MR) is 107 cm³/mol. The van der Waals surface area contributed by atoms with Crippen LogP contribution in [0.1, 0.15) is 6.92 Å². The second kappa shape index (κ2) is 7.80. The third kappa shape index (κ3) is 3.45. The van der Waals surface area contributed by atoms with Crippen LogP contribution < -0.4 is 16.6 Å². The average Bonchev–Trinajstić information content (AvgIpc) is 3.04. The Labute approximate surface area is 167 Å². The van der Waals surface area contributed by atoms with Crippen LogP contribution >= 0.6 is 23.4 Å². The number of nitrogens with one attached hydrogen (secondary N) is 1. The number of nitrogens with zero attached hydrogens (tertiary/aromatic N) is 4. The van der Waals surface area contributed by atoms with Crippen molar-refractivity contribution in [1.29, 1.82) is 0 Å². The van der Waals surface area contributed by atoms with E-state index in [0.29, 0.717) is 11.7 Å². The number of aryl methyl sites for hydroxylation is 2. The predicted octanol–water partition coefficient (Wildman–Crippen LogP) is 1.98. The maximum absolute atomic E-state index is 13.8. The lowest BCUT2D eigenvalue weighted by Gasteiger charge is -2.08. The van der Waals surface area contributed by atoms with Gasteiger partial charge in [-0.15, -0.1) is 0 Å². The molecule has 11 heteroatoms. The SMILES string of the molecule is CCn1c(SCC(=O)Nc2c(F)cccc2Cl)nc2c1c(=O)n(C)c(=O)n2C. The number of aromatic nitrogens is 4. The Bertz CT molecular complexity index is 1180. The zero-order chi connectivity index (χ0) is 20.6. The van der Waals surface area contributed by atoms with Crippen molar-refractivity contribution in [3.63, 3.8) is 0 Å². The molecule has 8 nitrogen and oxygen atoms in total. The largest absolute Gasteiger partial charge is 0.332 e. The van der Waals surface area contributed by atoms with E-state index >= 15 is 0 Å². The molecule has 148 valence electrons. The molecule has 0 radical (unpaired) electrons. The van der Waals surface area contributed by atoms with Crippen LogP contribution in [0.25, 0.3) is 11.2 Å². The van der Waals surface area contributed by atoms with E-state index in [4.69, 9.17) is 11.6 Å². The molecule has 0 aliphatic heterocycles. The third-order valence-electron chi connectivity index (χ3n) is 4.19. The Hall–Kier alpha value is -2.59. The van der Waals surface area contributed by atoms with Crippen molar-refractivity contribution in [2.45, 2.75) is 18.6 Å². The maximum atomic E-state index is 13.8. The molecule has 1 aromatic carbocycles. The van der Waals surface area contributed by atoms with Crippen molar-refractivity contribution in [2.75, 3.05) is 11.1 Å². The molecule has 1 N–H and O–H groups in total. The molecule has 3 rings (SSSR count). The van der Waals surface area contributed by atoms with Crippen LogP contribution in [0.3, 0.4) is 0 Å². The van der Waals surface area contributed by atoms with Crippen molar-refractivity contribution >= 4 is 46.1 Å². The summed E-state index contributed by atoms with van der Waals surface area (Å²) in [7, 11) is 2.92. The molecule has 0 saturated heterocycles. The summed E-state index contributed by atoms with van der Waals surface area (Å²) in [5, 5.41) is 2.94. The van der Waals surface area contributed by atoms with Gasteiger partial charge in [0.25, 0.3) is 5.56 Å². The number of imidazole rings is 1. The monoisotopic (exact) mass is 425 g/mol. The summed E-state index contributed by atoms with van der Waals surface area (Å²) >= 11 is 6.99. The van der Waals surface area contributed by atoms with Gasteiger partial charge in [0.05, 0.1) is 16.5 Å². The minimum absolute atomic E-state index is 0.0811. The van der Waals surface area contributed by atoms with Crippen molar-refractivity contribution in [2.24, 2.45) is 14.1 Å². The molecule has 0 saturated carbocycles. The number of carbonyl (C=O) groups excluding carboxylic acids is 1. The standard InChI is InChI=1S/C17H17ClFN5O3S/c1-4-24-13-14(22(2)17(27)23(3)15(13)26)21-16(24)28-8-11(25)20-12-9(18)6-5-7-10(12)19/h5-7H,4,8H2,1-3H3,(H,20,25). The molecule has 3 aromatic rings. The Morgan fingerprint density at radius 1 is 1.29 bits per heavy atom. The van der Waals surface area contributed by atoms with Crippen LogP contribution in [0.5, 0.6) is 0 Å². The highest BCUT2D eigenvalue weighted by Gasteiger charge is 2.19. The third-order valence-corrected chi connectivity index (χ3v) is 5.48. The molecule has 0 aliphatic rings. The van der Waals surface area contributed by atoms with Crippen LogP contribution in [-0.4, -0.2) is 30.3 Å². The molecule has 2 heterocycles. The number of fused-ring (bicyclic) bond motifs is 1. The number of thioether (sulfide) groups is 1. The molecule has 0 aliphatic carbocycles. The summed E-state index contributed by atoms with van der Waals surface area (Å²) in [6.45, 7) is 2.25. The number of hydrogen-bond donors (Lipinski definition) is 1. The summed E-state index contributed by atoms with van der Waals surface area (Å²) < 4.78 is 17.7. The number of amides is 1. The van der Waals surface area contributed by atoms with E-state index in [-0.39, 0.29) is 27.6 Å². The first-order valence-electron chi connectivity index (χ1n) is 8.29. The Morgan fingerprint density at radius 2 is 2.00 bits per heavy atom. The van der Waals surface area contributed by atoms with Crippen molar-refractivity contribution < 1.29 is 9.18 Å². The van der Waals surface area contributed by atoms with Crippen LogP contribution in [0.4, 0.5) is 10.1 Å². The summed E-state index contributed by atoms with van der Waals surface area (Å²) in [5.74, 6) is -1.19. The van der Waals surface area contributed by atoms with Crippen molar-refractivity contribution in [3.8, 4) is 0 Å². The lowest BCUT2D eigenvalue weighted by atomic mass is 10.3. The summed E-state index contributed by atoms with van der Waals surface area (Å²) in [5.41, 5.74) is -0.499. The number of benzene rings is 1. The molecule has 0 fully saturated rings. The van der Waals surface area contributed by atoms with E-state index < -0.39 is 23.0 Å². The van der Waals surface area contributed by atoms with Crippen LogP contribution in [0.15, 0.2) is 32.9 Å². The number of hydrogen-bond acceptors (Lipinski definition) is 5. The Morgan fingerprint density at radius 3 is 2.64 bits per heavy atom. The highest BCUT2D eigenvalue weighted by atomic mass is 35.5. The van der Waals surface area contributed by atoms with Gasteiger partial charge < -0.3 is 9.88 Å². The normalized spacial score (nSPS) is 11.2. The van der Waals surface area contributed by atoms with Gasteiger partial charge >= 0.3 is 5.69 Å². The van der Waals surface area contributed by atoms with Gasteiger partial charge in [0.15, 0.2) is 16.3 Å². The molecule has 0 bridgehead atoms. The van der Waals surface area contributed by atoms with Gasteiger partial charge in [0.1, 0.15) is 5.82 Å². The first-order chi connectivity index (χ1) is 13.3. The molecule has 0 spiro atoms. The number of halogens is 2. The zero-order valence-corrected chi connectivity index (χ0v) is 16.9. The fourth-order valence-corrected chi connectivity index (χ4v) is 3.82. The topological polar surface area (TPSA) is 90.9 Å². The quantitative estimate of drug-likeness (QED) is 0.631. The van der Waals surface area contributed by atoms with E-state index in [1.54, 1.807) is 4.57 Å². The summed E-state index contributed by atoms with van der Waals surface area (Å²) in [6.07, 6.45) is 0. The van der Waals surface area contributed by atoms with Crippen LogP contribution in [-0.2, 0) is 25.4 Å². The molecular weight excluding hydrogens is 409 g/mol. The molecule has 28 heavy (non-hydrogen) atoms. The van der Waals surface area contributed by atoms with E-state index in [1.807, 2.05) is 6.92 Å². The van der Waals surface area contributed by atoms with E-state index in [2.05, 4.69) is 10.3 Å². The number of anilines is 1. The molecule has 1 amide bonds. The fraction of sp³-hybridized carbons (Fsp3) is 0.294.